The van der Waals surface area contributed by atoms with E-state index in [0.29, 0.717) is 13.0 Å². The van der Waals surface area contributed by atoms with E-state index in [1.165, 1.54) is 23.5 Å². The Morgan fingerprint density at radius 1 is 0.849 bits per heavy atom. The molecule has 4 N–H and O–H groups in total. The van der Waals surface area contributed by atoms with Crippen LogP contribution in [0.25, 0.3) is 0 Å². The number of sulfonamides is 1. The lowest BCUT2D eigenvalue weighted by Gasteiger charge is -2.38. The molecule has 0 spiro atoms. The number of hydrogen-bond acceptors (Lipinski definition) is 7. The number of likely N-dealkylation sites (tertiary alicyclic amines) is 1. The summed E-state index contributed by atoms with van der Waals surface area (Å²) >= 11 is 0. The monoisotopic (exact) mass is 756 g/mol. The van der Waals surface area contributed by atoms with Gasteiger partial charge in [0.1, 0.15) is 12.1 Å². The van der Waals surface area contributed by atoms with E-state index in [1.54, 1.807) is 23.1 Å². The molecule has 5 rings (SSSR count). The van der Waals surface area contributed by atoms with Crippen LogP contribution in [0, 0.1) is 28.6 Å². The third-order valence-electron chi connectivity index (χ3n) is 11.6. The normalized spacial score (nSPS) is 23.7. The predicted molar refractivity (Wildman–Crippen MR) is 201 cm³/mol. The second-order valence-electron chi connectivity index (χ2n) is 17.9. The Morgan fingerprint density at radius 2 is 1.49 bits per heavy atom. The molecule has 1 aromatic carbocycles. The Kier molecular flexibility index (Phi) is 12.3. The molecule has 1 unspecified atom stereocenters. The number of Topliss-reactive ketones (excluding diaryl/α,β-unsaturated/α-hetero) is 1. The van der Waals surface area contributed by atoms with E-state index in [0.717, 1.165) is 51.4 Å². The summed E-state index contributed by atoms with van der Waals surface area (Å²) in [5.74, 6) is -1.88. The minimum Gasteiger partial charge on any atom is -0.347 e. The van der Waals surface area contributed by atoms with Crippen molar-refractivity contribution in [2.45, 2.75) is 134 Å². The molecule has 4 aliphatic rings. The highest BCUT2D eigenvalue weighted by Gasteiger charge is 2.52. The molecule has 13 nitrogen and oxygen atoms in total. The fraction of sp³-hybridized carbons (Fsp3) is 0.718. The van der Waals surface area contributed by atoms with Crippen LogP contribution in [0.2, 0.25) is 0 Å². The number of nitrogens with zero attached hydrogens (tertiary/aromatic N) is 2. The van der Waals surface area contributed by atoms with Gasteiger partial charge in [0.15, 0.2) is 0 Å². The zero-order valence-corrected chi connectivity index (χ0v) is 33.3. The first-order valence-corrected chi connectivity index (χ1v) is 20.8. The lowest BCUT2D eigenvalue weighted by atomic mass is 9.80. The van der Waals surface area contributed by atoms with Crippen molar-refractivity contribution in [1.82, 2.24) is 30.5 Å². The van der Waals surface area contributed by atoms with Gasteiger partial charge in [-0.2, -0.15) is 4.31 Å². The van der Waals surface area contributed by atoms with Crippen LogP contribution in [0.4, 0.5) is 4.79 Å². The van der Waals surface area contributed by atoms with Gasteiger partial charge in [-0.15, -0.1) is 0 Å². The van der Waals surface area contributed by atoms with E-state index >= 15 is 0 Å². The second kappa shape index (κ2) is 16.1. The summed E-state index contributed by atoms with van der Waals surface area (Å²) in [5, 5.41) is 11.5. The molecular formula is C39H60N6O7S. The number of ketones is 1. The van der Waals surface area contributed by atoms with Crippen molar-refractivity contribution in [3.8, 4) is 0 Å². The largest absolute Gasteiger partial charge is 0.347 e. The fourth-order valence-corrected chi connectivity index (χ4v) is 9.08. The maximum atomic E-state index is 14.6. The number of carbonyl (C=O) groups is 5. The van der Waals surface area contributed by atoms with Gasteiger partial charge in [0.25, 0.3) is 5.91 Å². The minimum absolute atomic E-state index is 0.00893. The third kappa shape index (κ3) is 9.78. The molecule has 3 saturated carbocycles. The van der Waals surface area contributed by atoms with Crippen molar-refractivity contribution >= 4 is 39.6 Å². The lowest BCUT2D eigenvalue weighted by molar-refractivity contribution is -0.144. The van der Waals surface area contributed by atoms with Crippen molar-refractivity contribution in [2.75, 3.05) is 20.1 Å². The van der Waals surface area contributed by atoms with Crippen LogP contribution in [0.3, 0.4) is 0 Å². The van der Waals surface area contributed by atoms with E-state index in [9.17, 15) is 32.4 Å². The number of fused-ring (bicyclic) bond motifs is 1. The summed E-state index contributed by atoms with van der Waals surface area (Å²) in [6, 6.07) is 4.01. The molecular weight excluding hydrogens is 697 g/mol. The lowest BCUT2D eigenvalue weighted by Crippen LogP contribution is -2.62. The van der Waals surface area contributed by atoms with Gasteiger partial charge in [0.2, 0.25) is 27.6 Å². The summed E-state index contributed by atoms with van der Waals surface area (Å²) in [4.78, 5) is 70.6. The number of likely N-dealkylation sites (N-methyl/N-ethyl adjacent to an activating group) is 1. The quantitative estimate of drug-likeness (QED) is 0.210. The highest BCUT2D eigenvalue weighted by Crippen LogP contribution is 2.43. The Balaban J connectivity index is 1.32. The van der Waals surface area contributed by atoms with Gasteiger partial charge >= 0.3 is 6.03 Å². The first-order chi connectivity index (χ1) is 24.8. The van der Waals surface area contributed by atoms with E-state index in [4.69, 9.17) is 0 Å². The van der Waals surface area contributed by atoms with Gasteiger partial charge in [0, 0.05) is 32.2 Å². The van der Waals surface area contributed by atoms with E-state index in [2.05, 4.69) is 21.3 Å². The minimum atomic E-state index is -3.83. The molecule has 294 valence electrons. The standard InChI is InChI=1S/C39H60N6O7S/c1-38(2,3)30(23-44(7)53(51,52)27-16-9-8-10-17-27)42-37(50)43-33(39(4,5)6)36(49)45-22-25-15-12-18-28(25)31(45)34(47)41-29(21-24-13-11-14-24)32(46)35(48)40-26-19-20-26/h8-10,16-17,24-26,28-31,33H,11-15,18-23H2,1-7H3,(H,40,48)(H,41,47)(H2,42,43,50)/t25-,28-,29?,30+,31-,33+/m0/s1. The van der Waals surface area contributed by atoms with Crippen molar-refractivity contribution in [3.05, 3.63) is 30.3 Å². The van der Waals surface area contributed by atoms with Gasteiger partial charge in [0.05, 0.1) is 10.9 Å². The smallest absolute Gasteiger partial charge is 0.315 e. The molecule has 4 fully saturated rings. The Morgan fingerprint density at radius 3 is 2.06 bits per heavy atom. The average molecular weight is 757 g/mol. The second-order valence-corrected chi connectivity index (χ2v) is 20.0. The van der Waals surface area contributed by atoms with Crippen molar-refractivity contribution < 1.29 is 32.4 Å². The Hall–Kier alpha value is -3.52. The van der Waals surface area contributed by atoms with Crippen LogP contribution in [-0.4, -0.2) is 97.5 Å². The molecule has 1 saturated heterocycles. The SMILES string of the molecule is CN(C[C@@H](NC(=O)N[C@H](C(=O)N1C[C@@H]2CCC[C@@H]2[C@H]1C(=O)NC(CC1CCC1)C(=O)C(=O)NC1CC1)C(C)(C)C)C(C)(C)C)S(=O)(=O)c1ccccc1. The first kappa shape index (κ1) is 40.7. The number of nitrogens with one attached hydrogen (secondary N) is 4. The number of amides is 5. The van der Waals surface area contributed by atoms with E-state index < -0.39 is 74.6 Å². The van der Waals surface area contributed by atoms with Gasteiger partial charge in [-0.25, -0.2) is 13.2 Å². The predicted octanol–water partition coefficient (Wildman–Crippen LogP) is 3.59. The van der Waals surface area contributed by atoms with Crippen molar-refractivity contribution in [2.24, 2.45) is 28.6 Å². The van der Waals surface area contributed by atoms with Gasteiger partial charge in [-0.1, -0.05) is 85.4 Å². The summed E-state index contributed by atoms with van der Waals surface area (Å²) in [5.41, 5.74) is -1.32. The Bertz CT molecular complexity index is 1630. The zero-order valence-electron chi connectivity index (χ0n) is 32.4. The van der Waals surface area contributed by atoms with Crippen LogP contribution in [0.15, 0.2) is 35.2 Å². The summed E-state index contributed by atoms with van der Waals surface area (Å²) < 4.78 is 27.9. The highest BCUT2D eigenvalue weighted by molar-refractivity contribution is 7.89. The maximum Gasteiger partial charge on any atom is 0.315 e. The van der Waals surface area contributed by atoms with Crippen molar-refractivity contribution in [3.63, 3.8) is 0 Å². The molecule has 5 amide bonds. The molecule has 3 aliphatic carbocycles. The molecule has 0 radical (unpaired) electrons. The topological polar surface area (TPSA) is 174 Å². The molecule has 1 heterocycles. The molecule has 6 atom stereocenters. The number of hydrogen-bond donors (Lipinski definition) is 4. The molecule has 0 bridgehead atoms. The van der Waals surface area contributed by atoms with Crippen LogP contribution < -0.4 is 21.3 Å². The van der Waals surface area contributed by atoms with E-state index in [-0.39, 0.29) is 35.2 Å². The molecule has 53 heavy (non-hydrogen) atoms. The van der Waals surface area contributed by atoms with Gasteiger partial charge < -0.3 is 26.2 Å². The molecule has 1 aliphatic heterocycles. The first-order valence-electron chi connectivity index (χ1n) is 19.3. The molecule has 1 aromatic rings. The summed E-state index contributed by atoms with van der Waals surface area (Å²) in [6.07, 6.45) is 7.57. The summed E-state index contributed by atoms with van der Waals surface area (Å²) in [6.45, 7) is 11.6. The van der Waals surface area contributed by atoms with Crippen LogP contribution in [0.5, 0.6) is 0 Å². The van der Waals surface area contributed by atoms with Crippen LogP contribution in [0.1, 0.15) is 99.3 Å². The summed E-state index contributed by atoms with van der Waals surface area (Å²) in [7, 11) is -2.36. The molecule has 0 aromatic heterocycles. The molecule has 14 heteroatoms. The van der Waals surface area contributed by atoms with Crippen molar-refractivity contribution in [1.29, 1.82) is 0 Å². The number of benzene rings is 1. The number of urea groups is 1. The number of carbonyl (C=O) groups excluding carboxylic acids is 5. The highest BCUT2D eigenvalue weighted by atomic mass is 32.2. The number of rotatable bonds is 14. The maximum absolute atomic E-state index is 14.6. The third-order valence-corrected chi connectivity index (χ3v) is 13.5. The van der Waals surface area contributed by atoms with E-state index in [1.807, 2.05) is 41.5 Å². The average Bonchev–Trinajstić information content (AvgIpc) is 3.63. The van der Waals surface area contributed by atoms with Crippen LogP contribution >= 0.6 is 0 Å². The fourth-order valence-electron chi connectivity index (χ4n) is 7.87. The van der Waals surface area contributed by atoms with Crippen LogP contribution in [-0.2, 0) is 29.2 Å². The Labute approximate surface area is 315 Å². The van der Waals surface area contributed by atoms with Gasteiger partial charge in [-0.3, -0.25) is 19.2 Å². The zero-order chi connectivity index (χ0) is 38.9. The van der Waals surface area contributed by atoms with Gasteiger partial charge in [-0.05, 0) is 72.8 Å².